The molecule has 0 unspecified atom stereocenters. The van der Waals surface area contributed by atoms with Crippen LogP contribution >= 0.6 is 0 Å². The maximum atomic E-state index is 6.10. The summed E-state index contributed by atoms with van der Waals surface area (Å²) in [5, 5.41) is 0. The van der Waals surface area contributed by atoms with E-state index in [-0.39, 0.29) is 5.41 Å². The first-order chi connectivity index (χ1) is 13.2. The molecule has 0 radical (unpaired) electrons. The van der Waals surface area contributed by atoms with E-state index in [0.717, 1.165) is 49.1 Å². The molecule has 5 heteroatoms. The number of piperidine rings is 1. The van der Waals surface area contributed by atoms with Crippen molar-refractivity contribution in [3.05, 3.63) is 35.7 Å². The minimum atomic E-state index is 0.194. The van der Waals surface area contributed by atoms with E-state index in [2.05, 4.69) is 29.2 Å². The first-order valence-corrected chi connectivity index (χ1v) is 10.5. The van der Waals surface area contributed by atoms with Gasteiger partial charge in [-0.15, -0.1) is 0 Å². The highest BCUT2D eigenvalue weighted by molar-refractivity contribution is 5.58. The summed E-state index contributed by atoms with van der Waals surface area (Å²) in [5.41, 5.74) is 9.34. The monoisotopic (exact) mass is 361 g/mol. The Labute approximate surface area is 160 Å². The van der Waals surface area contributed by atoms with Crippen LogP contribution in [-0.2, 0) is 10.8 Å². The standard InChI is InChI=1S/C22H27N5/c23-17-5-13-27(14-6-17)20-25-18-15-1-3-16(4-2-15)21(7-8-21)9-10-22(11-12-22)19(24-18)26-20/h1-4,17H,5-14,23H2. The molecule has 2 aromatic rings. The molecule has 2 spiro atoms. The summed E-state index contributed by atoms with van der Waals surface area (Å²) < 4.78 is 0. The fraction of sp³-hybridized carbons (Fsp3) is 0.591. The first-order valence-electron chi connectivity index (χ1n) is 10.5. The van der Waals surface area contributed by atoms with Gasteiger partial charge >= 0.3 is 0 Å². The molecule has 3 aliphatic heterocycles. The molecule has 1 aromatic heterocycles. The highest BCUT2D eigenvalue weighted by Crippen LogP contribution is 2.58. The van der Waals surface area contributed by atoms with Gasteiger partial charge in [-0.05, 0) is 62.3 Å². The maximum Gasteiger partial charge on any atom is 0.229 e. The second-order valence-corrected chi connectivity index (χ2v) is 9.25. The van der Waals surface area contributed by atoms with Gasteiger partial charge in [0.2, 0.25) is 5.95 Å². The molecule has 1 aromatic carbocycles. The van der Waals surface area contributed by atoms with Gasteiger partial charge in [0.15, 0.2) is 5.82 Å². The molecular weight excluding hydrogens is 334 g/mol. The summed E-state index contributed by atoms with van der Waals surface area (Å²) in [6, 6.07) is 9.38. The van der Waals surface area contributed by atoms with Crippen LogP contribution in [0.5, 0.6) is 0 Å². The van der Waals surface area contributed by atoms with Crippen LogP contribution in [0.15, 0.2) is 24.3 Å². The van der Waals surface area contributed by atoms with Gasteiger partial charge in [-0.3, -0.25) is 0 Å². The van der Waals surface area contributed by atoms with Crippen molar-refractivity contribution in [2.45, 2.75) is 68.2 Å². The fourth-order valence-corrected chi connectivity index (χ4v) is 4.99. The molecule has 0 atom stereocenters. The van der Waals surface area contributed by atoms with Crippen LogP contribution < -0.4 is 10.6 Å². The van der Waals surface area contributed by atoms with E-state index in [1.54, 1.807) is 0 Å². The lowest BCUT2D eigenvalue weighted by molar-refractivity contribution is 0.479. The summed E-state index contributed by atoms with van der Waals surface area (Å²) in [6.07, 6.45) is 9.61. The number of hydrogen-bond donors (Lipinski definition) is 1. The third-order valence-corrected chi connectivity index (χ3v) is 7.47. The normalized spacial score (nSPS) is 24.9. The number of aromatic nitrogens is 3. The Hall–Kier alpha value is -2.01. The van der Waals surface area contributed by atoms with E-state index in [0.29, 0.717) is 11.5 Å². The molecule has 27 heavy (non-hydrogen) atoms. The van der Waals surface area contributed by atoms with Crippen molar-refractivity contribution in [2.24, 2.45) is 5.73 Å². The molecule has 5 aliphatic rings. The Kier molecular flexibility index (Phi) is 3.26. The Balaban J connectivity index is 1.46. The van der Waals surface area contributed by atoms with Crippen molar-refractivity contribution >= 4 is 5.95 Å². The minimum Gasteiger partial charge on any atom is -0.341 e. The van der Waals surface area contributed by atoms with Gasteiger partial charge in [0.25, 0.3) is 0 Å². The number of anilines is 1. The topological polar surface area (TPSA) is 67.9 Å². The van der Waals surface area contributed by atoms with E-state index >= 15 is 0 Å². The Morgan fingerprint density at radius 2 is 1.44 bits per heavy atom. The predicted molar refractivity (Wildman–Crippen MR) is 106 cm³/mol. The number of rotatable bonds is 1. The molecule has 7 rings (SSSR count). The van der Waals surface area contributed by atoms with E-state index in [1.165, 1.54) is 44.1 Å². The van der Waals surface area contributed by atoms with Crippen molar-refractivity contribution in [1.82, 2.24) is 15.0 Å². The van der Waals surface area contributed by atoms with Crippen LogP contribution in [0.2, 0.25) is 0 Å². The zero-order valence-corrected chi connectivity index (χ0v) is 15.8. The van der Waals surface area contributed by atoms with Crippen molar-refractivity contribution < 1.29 is 0 Å². The maximum absolute atomic E-state index is 6.10. The highest BCUT2D eigenvalue weighted by Gasteiger charge is 2.52. The van der Waals surface area contributed by atoms with Crippen LogP contribution in [0.3, 0.4) is 0 Å². The van der Waals surface area contributed by atoms with E-state index in [9.17, 15) is 0 Å². The van der Waals surface area contributed by atoms with Crippen molar-refractivity contribution in [3.63, 3.8) is 0 Å². The van der Waals surface area contributed by atoms with E-state index < -0.39 is 0 Å². The number of benzene rings is 1. The fourth-order valence-electron chi connectivity index (χ4n) is 4.99. The third-order valence-electron chi connectivity index (χ3n) is 7.47. The lowest BCUT2D eigenvalue weighted by atomic mass is 9.86. The molecule has 5 nitrogen and oxygen atoms in total. The smallest absolute Gasteiger partial charge is 0.229 e. The molecular formula is C22H27N5. The molecule has 3 fully saturated rings. The summed E-state index contributed by atoms with van der Waals surface area (Å²) in [6.45, 7) is 1.89. The average molecular weight is 361 g/mol. The van der Waals surface area contributed by atoms with Gasteiger partial charge in [0.1, 0.15) is 5.82 Å². The zero-order valence-electron chi connectivity index (χ0n) is 15.8. The largest absolute Gasteiger partial charge is 0.341 e. The number of nitrogens with two attached hydrogens (primary N) is 1. The second-order valence-electron chi connectivity index (χ2n) is 9.25. The molecule has 2 N–H and O–H groups in total. The van der Waals surface area contributed by atoms with Gasteiger partial charge in [-0.1, -0.05) is 24.3 Å². The van der Waals surface area contributed by atoms with E-state index in [4.69, 9.17) is 20.7 Å². The summed E-state index contributed by atoms with van der Waals surface area (Å²) in [7, 11) is 0. The summed E-state index contributed by atoms with van der Waals surface area (Å²) in [4.78, 5) is 17.2. The molecule has 4 heterocycles. The van der Waals surface area contributed by atoms with Crippen molar-refractivity contribution in [1.29, 1.82) is 0 Å². The molecule has 4 bridgehead atoms. The first kappa shape index (κ1) is 16.0. The van der Waals surface area contributed by atoms with Gasteiger partial charge < -0.3 is 10.6 Å². The van der Waals surface area contributed by atoms with Crippen molar-refractivity contribution in [3.8, 4) is 11.4 Å². The van der Waals surface area contributed by atoms with Crippen LogP contribution in [0.4, 0.5) is 5.95 Å². The van der Waals surface area contributed by atoms with E-state index in [1.807, 2.05) is 0 Å². The number of nitrogens with zero attached hydrogens (tertiary/aromatic N) is 4. The Bertz CT molecular complexity index is 874. The lowest BCUT2D eigenvalue weighted by Crippen LogP contribution is -2.40. The zero-order chi connectivity index (χ0) is 18.1. The van der Waals surface area contributed by atoms with Crippen LogP contribution in [0, 0.1) is 0 Å². The Morgan fingerprint density at radius 3 is 2.11 bits per heavy atom. The van der Waals surface area contributed by atoms with Crippen LogP contribution in [-0.4, -0.2) is 34.1 Å². The molecule has 1 saturated heterocycles. The quantitative estimate of drug-likeness (QED) is 0.844. The van der Waals surface area contributed by atoms with Crippen LogP contribution in [0.25, 0.3) is 11.4 Å². The minimum absolute atomic E-state index is 0.194. The molecule has 2 aliphatic carbocycles. The summed E-state index contributed by atoms with van der Waals surface area (Å²) in [5.74, 6) is 2.74. The molecule has 140 valence electrons. The summed E-state index contributed by atoms with van der Waals surface area (Å²) >= 11 is 0. The third kappa shape index (κ3) is 2.59. The predicted octanol–water partition coefficient (Wildman–Crippen LogP) is 3.32. The number of fused-ring (bicyclic) bond motifs is 3. The average Bonchev–Trinajstić information content (AvgIpc) is 3.62. The lowest BCUT2D eigenvalue weighted by Gasteiger charge is -2.30. The van der Waals surface area contributed by atoms with Gasteiger partial charge in [0.05, 0.1) is 0 Å². The SMILES string of the molecule is NC1CCN(c2nc3nc(n2)C2(CCC4(CC4)c4ccc-3cc4)CC2)CC1. The van der Waals surface area contributed by atoms with Crippen molar-refractivity contribution in [2.75, 3.05) is 18.0 Å². The second kappa shape index (κ2) is 5.51. The van der Waals surface area contributed by atoms with Gasteiger partial charge in [-0.25, -0.2) is 4.98 Å². The Morgan fingerprint density at radius 1 is 0.815 bits per heavy atom. The van der Waals surface area contributed by atoms with Gasteiger partial charge in [-0.2, -0.15) is 9.97 Å². The van der Waals surface area contributed by atoms with Crippen LogP contribution in [0.1, 0.15) is 62.8 Å². The van der Waals surface area contributed by atoms with Gasteiger partial charge in [0, 0.05) is 30.1 Å². The highest BCUT2D eigenvalue weighted by atomic mass is 15.3. The molecule has 0 amide bonds. The number of hydrogen-bond acceptors (Lipinski definition) is 5. The molecule has 2 saturated carbocycles.